The molecule has 176 valence electrons. The molecule has 5 aliphatic rings. The third-order valence-corrected chi connectivity index (χ3v) is 13.3. The molecule has 1 nitrogen and oxygen atoms in total. The summed E-state index contributed by atoms with van der Waals surface area (Å²) in [4.78, 5) is 0. The zero-order valence-electron chi connectivity index (χ0n) is 21.9. The molecule has 1 heteroatoms. The summed E-state index contributed by atoms with van der Waals surface area (Å²) >= 11 is 0. The molecule has 0 amide bonds. The maximum Gasteiger partial charge on any atom is 0.0579 e. The van der Waals surface area contributed by atoms with Gasteiger partial charge in [0.05, 0.1) is 6.10 Å². The van der Waals surface area contributed by atoms with Crippen molar-refractivity contribution >= 4 is 0 Å². The largest absolute Gasteiger partial charge is 0.393 e. The van der Waals surface area contributed by atoms with Gasteiger partial charge < -0.3 is 5.11 Å². The lowest BCUT2D eigenvalue weighted by molar-refractivity contribution is -0.268. The molecule has 4 saturated carbocycles. The summed E-state index contributed by atoms with van der Waals surface area (Å²) in [7, 11) is 0. The van der Waals surface area contributed by atoms with Crippen LogP contribution in [0, 0.1) is 56.7 Å². The smallest absolute Gasteiger partial charge is 0.0579 e. The van der Waals surface area contributed by atoms with Gasteiger partial charge in [-0.2, -0.15) is 0 Å². The quantitative estimate of drug-likeness (QED) is 0.389. The van der Waals surface area contributed by atoms with E-state index in [0.29, 0.717) is 45.3 Å². The van der Waals surface area contributed by atoms with Crippen molar-refractivity contribution in [3.05, 3.63) is 11.6 Å². The van der Waals surface area contributed by atoms with E-state index in [1.54, 1.807) is 5.57 Å². The van der Waals surface area contributed by atoms with Gasteiger partial charge in [-0.15, -0.1) is 0 Å². The van der Waals surface area contributed by atoms with Crippen molar-refractivity contribution < 1.29 is 5.11 Å². The lowest BCUT2D eigenvalue weighted by atomic mass is 9.31. The third-order valence-electron chi connectivity index (χ3n) is 13.3. The fourth-order valence-corrected chi connectivity index (χ4v) is 11.3. The van der Waals surface area contributed by atoms with Crippen LogP contribution in [-0.4, -0.2) is 11.2 Å². The maximum absolute atomic E-state index is 12.0. The summed E-state index contributed by atoms with van der Waals surface area (Å²) in [5.74, 6) is 3.21. The van der Waals surface area contributed by atoms with E-state index in [2.05, 4.69) is 61.5 Å². The van der Waals surface area contributed by atoms with Crippen molar-refractivity contribution in [1.29, 1.82) is 0 Å². The first-order valence-corrected chi connectivity index (χ1v) is 13.6. The van der Waals surface area contributed by atoms with Crippen LogP contribution >= 0.6 is 0 Å². The monoisotopic (exact) mass is 426 g/mol. The highest BCUT2D eigenvalue weighted by Gasteiger charge is 2.70. The molecule has 1 N–H and O–H groups in total. The first-order chi connectivity index (χ1) is 14.3. The highest BCUT2D eigenvalue weighted by atomic mass is 16.3. The Labute approximate surface area is 192 Å². The van der Waals surface area contributed by atoms with Gasteiger partial charge in [0, 0.05) is 0 Å². The van der Waals surface area contributed by atoms with E-state index in [-0.39, 0.29) is 11.5 Å². The minimum atomic E-state index is -0.123. The topological polar surface area (TPSA) is 20.2 Å². The van der Waals surface area contributed by atoms with E-state index >= 15 is 0 Å². The Kier molecular flexibility index (Phi) is 4.82. The van der Waals surface area contributed by atoms with Gasteiger partial charge in [0.15, 0.2) is 0 Å². The van der Waals surface area contributed by atoms with E-state index in [4.69, 9.17) is 0 Å². The number of fused-ring (bicyclic) bond motifs is 7. The van der Waals surface area contributed by atoms with Gasteiger partial charge in [-0.05, 0) is 115 Å². The van der Waals surface area contributed by atoms with Crippen LogP contribution in [0.25, 0.3) is 0 Å². The van der Waals surface area contributed by atoms with E-state index < -0.39 is 0 Å². The number of rotatable bonds is 0. The van der Waals surface area contributed by atoms with E-state index in [1.807, 2.05) is 0 Å². The number of aliphatic hydroxyl groups excluding tert-OH is 1. The molecular weight excluding hydrogens is 376 g/mol. The first-order valence-electron chi connectivity index (χ1n) is 13.6. The van der Waals surface area contributed by atoms with E-state index in [9.17, 15) is 5.11 Å². The number of allylic oxidation sites excluding steroid dienone is 2. The second-order valence-electron chi connectivity index (χ2n) is 14.8. The molecule has 0 heterocycles. The van der Waals surface area contributed by atoms with Gasteiger partial charge >= 0.3 is 0 Å². The molecule has 4 fully saturated rings. The Morgan fingerprint density at radius 1 is 0.839 bits per heavy atom. The SMILES string of the molecule is CC1=CC[C@]2(C)CC[C@]3(C)[C@@H]([C@@H]2[C@H]1C)[C@H](O)CC1[C@@]2(C)CCCC(C)(C)C2CC[C@]13C. The normalized spacial score (nSPS) is 58.3. The summed E-state index contributed by atoms with van der Waals surface area (Å²) < 4.78 is 0. The molecule has 5 aliphatic carbocycles. The zero-order valence-corrected chi connectivity index (χ0v) is 21.9. The molecule has 2 unspecified atom stereocenters. The lowest BCUT2D eigenvalue weighted by Gasteiger charge is -2.74. The summed E-state index contributed by atoms with van der Waals surface area (Å²) in [6, 6.07) is 0. The zero-order chi connectivity index (χ0) is 22.6. The highest BCUT2D eigenvalue weighted by Crippen LogP contribution is 2.76. The Hall–Kier alpha value is -0.300. The highest BCUT2D eigenvalue weighted by molar-refractivity contribution is 5.23. The Bertz CT molecular complexity index is 779. The van der Waals surface area contributed by atoms with Crippen LogP contribution in [0.15, 0.2) is 11.6 Å². The summed E-state index contributed by atoms with van der Waals surface area (Å²) in [5.41, 5.74) is 3.45. The molecule has 0 bridgehead atoms. The first kappa shape index (κ1) is 22.5. The van der Waals surface area contributed by atoms with Crippen LogP contribution in [-0.2, 0) is 0 Å². The van der Waals surface area contributed by atoms with Crippen molar-refractivity contribution in [2.75, 3.05) is 0 Å². The standard InChI is InChI=1S/C30H50O/c1-19-10-14-27(5)16-17-30(8)25(24(27)20(19)2)21(31)18-23-28(6)13-9-12-26(3,4)22(28)11-15-29(23,30)7/h10,20-25,31H,9,11-18H2,1-8H3/t20-,21+,22?,23?,24-,25+,27+,28-,29+,30+/m0/s1. The van der Waals surface area contributed by atoms with Crippen molar-refractivity contribution in [3.63, 3.8) is 0 Å². The fraction of sp³-hybridized carbons (Fsp3) is 0.933. The van der Waals surface area contributed by atoms with Gasteiger partial charge in [0.25, 0.3) is 0 Å². The minimum absolute atomic E-state index is 0.123. The fourth-order valence-electron chi connectivity index (χ4n) is 11.3. The Balaban J connectivity index is 1.59. The average molecular weight is 427 g/mol. The van der Waals surface area contributed by atoms with Gasteiger partial charge in [0.1, 0.15) is 0 Å². The average Bonchev–Trinajstić information content (AvgIpc) is 2.67. The lowest BCUT2D eigenvalue weighted by Crippen LogP contribution is -2.69. The van der Waals surface area contributed by atoms with Crippen LogP contribution in [0.5, 0.6) is 0 Å². The van der Waals surface area contributed by atoms with Crippen LogP contribution in [0.1, 0.15) is 113 Å². The van der Waals surface area contributed by atoms with E-state index in [0.717, 1.165) is 12.3 Å². The number of hydrogen-bond acceptors (Lipinski definition) is 1. The summed E-state index contributed by atoms with van der Waals surface area (Å²) in [6.45, 7) is 20.5. The van der Waals surface area contributed by atoms with Crippen LogP contribution in [0.3, 0.4) is 0 Å². The molecule has 0 spiro atoms. The maximum atomic E-state index is 12.0. The molecule has 10 atom stereocenters. The van der Waals surface area contributed by atoms with Crippen LogP contribution in [0.4, 0.5) is 0 Å². The molecule has 0 aromatic heterocycles. The van der Waals surface area contributed by atoms with Gasteiger partial charge in [-0.25, -0.2) is 0 Å². The molecule has 0 aromatic rings. The predicted molar refractivity (Wildman–Crippen MR) is 131 cm³/mol. The van der Waals surface area contributed by atoms with Crippen molar-refractivity contribution in [2.45, 2.75) is 119 Å². The second kappa shape index (κ2) is 6.64. The predicted octanol–water partition coefficient (Wildman–Crippen LogP) is 8.02. The molecular formula is C30H50O. The Morgan fingerprint density at radius 2 is 1.55 bits per heavy atom. The van der Waals surface area contributed by atoms with Gasteiger partial charge in [-0.3, -0.25) is 0 Å². The van der Waals surface area contributed by atoms with E-state index in [1.165, 1.54) is 51.4 Å². The number of hydrogen-bond donors (Lipinski definition) is 1. The summed E-state index contributed by atoms with van der Waals surface area (Å²) in [6.07, 6.45) is 14.3. The third kappa shape index (κ3) is 2.71. The van der Waals surface area contributed by atoms with Crippen LogP contribution < -0.4 is 0 Å². The second-order valence-corrected chi connectivity index (χ2v) is 14.8. The summed E-state index contributed by atoms with van der Waals surface area (Å²) in [5, 5.41) is 12.0. The van der Waals surface area contributed by atoms with Gasteiger partial charge in [-0.1, -0.05) is 66.5 Å². The van der Waals surface area contributed by atoms with Crippen LogP contribution in [0.2, 0.25) is 0 Å². The molecule has 31 heavy (non-hydrogen) atoms. The van der Waals surface area contributed by atoms with Crippen molar-refractivity contribution in [2.24, 2.45) is 56.7 Å². The van der Waals surface area contributed by atoms with Crippen molar-refractivity contribution in [3.8, 4) is 0 Å². The Morgan fingerprint density at radius 3 is 2.26 bits per heavy atom. The van der Waals surface area contributed by atoms with Crippen molar-refractivity contribution in [1.82, 2.24) is 0 Å². The molecule has 0 aliphatic heterocycles. The molecule has 5 rings (SSSR count). The molecule has 0 saturated heterocycles. The van der Waals surface area contributed by atoms with Gasteiger partial charge in [0.2, 0.25) is 0 Å². The number of aliphatic hydroxyl groups is 1. The molecule has 0 radical (unpaired) electrons. The minimum Gasteiger partial charge on any atom is -0.393 e. The molecule has 0 aromatic carbocycles.